The van der Waals surface area contributed by atoms with Gasteiger partial charge in [-0.25, -0.2) is 0 Å². The number of carbonyl (C=O) groups is 2. The third-order valence-electron chi connectivity index (χ3n) is 11.2. The van der Waals surface area contributed by atoms with Crippen LogP contribution in [0.1, 0.15) is 133 Å². The van der Waals surface area contributed by atoms with Crippen LogP contribution >= 0.6 is 0 Å². The highest BCUT2D eigenvalue weighted by atomic mass is 16.5. The Hall–Kier alpha value is -1.65. The summed E-state index contributed by atoms with van der Waals surface area (Å²) in [6, 6.07) is 0. The zero-order valence-corrected chi connectivity index (χ0v) is 26.4. The van der Waals surface area contributed by atoms with E-state index in [2.05, 4.69) is 67.5 Å². The second-order valence-corrected chi connectivity index (χ2v) is 14.8. The van der Waals surface area contributed by atoms with E-state index in [1.807, 2.05) is 6.08 Å². The van der Waals surface area contributed by atoms with E-state index in [-0.39, 0.29) is 39.3 Å². The van der Waals surface area contributed by atoms with E-state index in [1.165, 1.54) is 12.7 Å². The van der Waals surface area contributed by atoms with E-state index in [9.17, 15) is 14.8 Å². The van der Waals surface area contributed by atoms with Gasteiger partial charge in [-0.05, 0) is 105 Å². The number of methoxy groups -OCH3 is 1. The van der Waals surface area contributed by atoms with Crippen LogP contribution in [0.2, 0.25) is 0 Å². The van der Waals surface area contributed by atoms with Gasteiger partial charge in [-0.15, -0.1) is 0 Å². The number of ether oxygens (including phenoxy) is 1. The molecule has 0 aromatic carbocycles. The van der Waals surface area contributed by atoms with Gasteiger partial charge in [0.05, 0.1) is 18.2 Å². The van der Waals surface area contributed by atoms with E-state index in [0.29, 0.717) is 5.92 Å². The van der Waals surface area contributed by atoms with Gasteiger partial charge in [0.2, 0.25) is 0 Å². The van der Waals surface area contributed by atoms with Gasteiger partial charge in [0, 0.05) is 5.92 Å². The summed E-state index contributed by atoms with van der Waals surface area (Å²) in [6.07, 6.45) is 11.3. The molecule has 38 heavy (non-hydrogen) atoms. The summed E-state index contributed by atoms with van der Waals surface area (Å²) in [7, 11) is 1.51. The van der Waals surface area contributed by atoms with Gasteiger partial charge >= 0.3 is 5.97 Å². The van der Waals surface area contributed by atoms with Crippen molar-refractivity contribution in [3.8, 4) is 0 Å². The smallest absolute Gasteiger partial charge is 0.311 e. The molecule has 0 aromatic heterocycles. The Labute approximate surface area is 233 Å². The number of hydrogen-bond donors (Lipinski definition) is 1. The van der Waals surface area contributed by atoms with Crippen molar-refractivity contribution in [3.63, 3.8) is 0 Å². The number of nitrogens with zero attached hydrogens (tertiary/aromatic N) is 1. The molecule has 2 aliphatic carbocycles. The normalized spacial score (nSPS) is 32.1. The fraction of sp³-hybridized carbons (Fsp3) is 0.848. The Morgan fingerprint density at radius 2 is 1.66 bits per heavy atom. The predicted octanol–water partition coefficient (Wildman–Crippen LogP) is 8.78. The molecule has 0 aliphatic heterocycles. The molecule has 5 atom stereocenters. The quantitative estimate of drug-likeness (QED) is 0.125. The highest BCUT2D eigenvalue weighted by Gasteiger charge is 2.58. The molecular formula is C33H57NO4. The van der Waals surface area contributed by atoms with E-state index >= 15 is 0 Å². The highest BCUT2D eigenvalue weighted by Crippen LogP contribution is 2.66. The SMILES string of the molecule is CCCC(C)(C)CC[C@@](C)(CCC(C)(C)[C@]1(C)CC[C@H]2[C@H](C)C(=NO)CC[C@]2(C)/C1=C/C(C)=O)C(=O)OC. The number of carbonyl (C=O) groups excluding carboxylic acids is 2. The number of oxime groups is 1. The topological polar surface area (TPSA) is 76.0 Å². The van der Waals surface area contributed by atoms with E-state index in [0.717, 1.165) is 69.9 Å². The molecule has 0 radical (unpaired) electrons. The first-order valence-corrected chi connectivity index (χ1v) is 15.0. The lowest BCUT2D eigenvalue weighted by Crippen LogP contribution is -2.53. The number of hydrogen-bond acceptors (Lipinski definition) is 5. The van der Waals surface area contributed by atoms with Crippen molar-refractivity contribution in [2.75, 3.05) is 7.11 Å². The molecule has 0 spiro atoms. The van der Waals surface area contributed by atoms with Crippen molar-refractivity contribution in [3.05, 3.63) is 11.6 Å². The molecule has 1 N–H and O–H groups in total. The Kier molecular flexibility index (Phi) is 10.1. The van der Waals surface area contributed by atoms with Gasteiger partial charge in [-0.1, -0.05) is 72.5 Å². The van der Waals surface area contributed by atoms with Gasteiger partial charge in [0.1, 0.15) is 0 Å². The third kappa shape index (κ3) is 6.39. The van der Waals surface area contributed by atoms with Crippen LogP contribution < -0.4 is 0 Å². The summed E-state index contributed by atoms with van der Waals surface area (Å²) in [5.41, 5.74) is 1.36. The van der Waals surface area contributed by atoms with Gasteiger partial charge in [-0.3, -0.25) is 9.59 Å². The number of ketones is 1. The summed E-state index contributed by atoms with van der Waals surface area (Å²) < 4.78 is 5.34. The van der Waals surface area contributed by atoms with Crippen molar-refractivity contribution in [2.24, 2.45) is 44.1 Å². The minimum atomic E-state index is -0.537. The number of fused-ring (bicyclic) bond motifs is 1. The van der Waals surface area contributed by atoms with E-state index in [1.54, 1.807) is 6.92 Å². The third-order valence-corrected chi connectivity index (χ3v) is 11.2. The molecule has 0 aromatic rings. The van der Waals surface area contributed by atoms with Crippen molar-refractivity contribution in [1.29, 1.82) is 0 Å². The van der Waals surface area contributed by atoms with Gasteiger partial charge in [0.15, 0.2) is 5.78 Å². The van der Waals surface area contributed by atoms with Crippen LogP contribution in [0.25, 0.3) is 0 Å². The molecule has 5 nitrogen and oxygen atoms in total. The summed E-state index contributed by atoms with van der Waals surface area (Å²) in [6.45, 7) is 22.1. The number of esters is 1. The average Bonchev–Trinajstić information content (AvgIpc) is 2.83. The number of allylic oxidation sites excluding steroid dienone is 2. The van der Waals surface area contributed by atoms with Crippen molar-refractivity contribution in [1.82, 2.24) is 0 Å². The molecule has 2 rings (SSSR count). The second kappa shape index (κ2) is 11.8. The maximum atomic E-state index is 13.1. The largest absolute Gasteiger partial charge is 0.469 e. The van der Waals surface area contributed by atoms with Crippen molar-refractivity contribution < 1.29 is 19.5 Å². The number of rotatable bonds is 11. The maximum Gasteiger partial charge on any atom is 0.311 e. The zero-order valence-electron chi connectivity index (χ0n) is 26.4. The molecule has 0 bridgehead atoms. The Bertz CT molecular complexity index is 931. The molecule has 0 unspecified atom stereocenters. The highest BCUT2D eigenvalue weighted by molar-refractivity contribution is 5.90. The molecule has 2 fully saturated rings. The lowest BCUT2D eigenvalue weighted by Gasteiger charge is -2.61. The first-order valence-electron chi connectivity index (χ1n) is 15.0. The molecule has 0 amide bonds. The van der Waals surface area contributed by atoms with Gasteiger partial charge in [0.25, 0.3) is 0 Å². The first-order chi connectivity index (χ1) is 17.4. The minimum absolute atomic E-state index is 0.0933. The van der Waals surface area contributed by atoms with Crippen molar-refractivity contribution >= 4 is 17.5 Å². The predicted molar refractivity (Wildman–Crippen MR) is 156 cm³/mol. The molecular weight excluding hydrogens is 474 g/mol. The molecule has 5 heteroatoms. The Balaban J connectivity index is 2.41. The maximum absolute atomic E-state index is 13.1. The second-order valence-electron chi connectivity index (χ2n) is 14.8. The average molecular weight is 532 g/mol. The minimum Gasteiger partial charge on any atom is -0.469 e. The summed E-state index contributed by atoms with van der Waals surface area (Å²) >= 11 is 0. The van der Waals surface area contributed by atoms with Gasteiger partial charge in [-0.2, -0.15) is 0 Å². The van der Waals surface area contributed by atoms with E-state index in [4.69, 9.17) is 4.74 Å². The van der Waals surface area contributed by atoms with Crippen LogP contribution in [0.4, 0.5) is 0 Å². The lowest BCUT2D eigenvalue weighted by molar-refractivity contribution is -0.153. The Morgan fingerprint density at radius 3 is 2.18 bits per heavy atom. The molecule has 0 saturated heterocycles. The van der Waals surface area contributed by atoms with Crippen LogP contribution in [0.15, 0.2) is 16.8 Å². The first kappa shape index (κ1) is 32.6. The van der Waals surface area contributed by atoms with Crippen LogP contribution in [-0.2, 0) is 14.3 Å². The lowest BCUT2D eigenvalue weighted by atomic mass is 9.43. The molecule has 0 heterocycles. The Morgan fingerprint density at radius 1 is 1.05 bits per heavy atom. The molecule has 2 aliphatic rings. The summed E-state index contributed by atoms with van der Waals surface area (Å²) in [5, 5.41) is 13.2. The molecule has 2 saturated carbocycles. The van der Waals surface area contributed by atoms with Crippen LogP contribution in [0.5, 0.6) is 0 Å². The summed E-state index contributed by atoms with van der Waals surface area (Å²) in [5.74, 6) is 0.516. The summed E-state index contributed by atoms with van der Waals surface area (Å²) in [4.78, 5) is 25.7. The van der Waals surface area contributed by atoms with Crippen LogP contribution in [-0.4, -0.2) is 29.8 Å². The fourth-order valence-electron chi connectivity index (χ4n) is 7.92. The van der Waals surface area contributed by atoms with Crippen LogP contribution in [0, 0.1) is 38.9 Å². The monoisotopic (exact) mass is 531 g/mol. The zero-order chi connectivity index (χ0) is 29.2. The molecule has 218 valence electrons. The standard InChI is InChI=1S/C33H57NO4/c1-12-15-29(4,5)18-20-31(8,28(36)38-11)21-19-30(6,7)33(10)17-13-25-24(3)26(34-37)14-16-32(25,9)27(33)22-23(2)35/h22,24-25,37H,12-21H2,1-11H3/b27-22-,34-26?/t24-,25-,31-,32-,33+/m0/s1. The van der Waals surface area contributed by atoms with Crippen molar-refractivity contribution in [2.45, 2.75) is 133 Å². The fourth-order valence-corrected chi connectivity index (χ4v) is 7.92. The van der Waals surface area contributed by atoms with Gasteiger partial charge < -0.3 is 9.94 Å². The van der Waals surface area contributed by atoms with Crippen LogP contribution in [0.3, 0.4) is 0 Å². The van der Waals surface area contributed by atoms with E-state index < -0.39 is 5.41 Å².